The average molecular weight is 366 g/mol. The van der Waals surface area contributed by atoms with Crippen LogP contribution in [-0.4, -0.2) is 40.2 Å². The van der Waals surface area contributed by atoms with Crippen LogP contribution in [0.25, 0.3) is 10.8 Å². The largest absolute Gasteiger partial charge is 0.468 e. The van der Waals surface area contributed by atoms with E-state index in [1.165, 1.54) is 4.68 Å². The van der Waals surface area contributed by atoms with Gasteiger partial charge in [-0.3, -0.25) is 14.5 Å². The molecule has 7 nitrogen and oxygen atoms in total. The SMILES string of the molecule is Cn1nc(C(=O)NCC(c2ccco2)N2CCCC2)c2ccccc2c1=O. The van der Waals surface area contributed by atoms with Crippen molar-refractivity contribution in [3.63, 3.8) is 0 Å². The zero-order chi connectivity index (χ0) is 18.8. The molecule has 2 aromatic heterocycles. The minimum absolute atomic E-state index is 0.00903. The number of fused-ring (bicyclic) bond motifs is 1. The lowest BCUT2D eigenvalue weighted by atomic mass is 10.1. The maximum Gasteiger partial charge on any atom is 0.274 e. The Morgan fingerprint density at radius 2 is 1.93 bits per heavy atom. The van der Waals surface area contributed by atoms with Gasteiger partial charge in [-0.15, -0.1) is 0 Å². The number of furan rings is 1. The standard InChI is InChI=1S/C20H22N4O3/c1-23-20(26)15-8-3-2-7-14(15)18(22-23)19(25)21-13-16(17-9-6-12-27-17)24-10-4-5-11-24/h2-3,6-9,12,16H,4-5,10-11,13H2,1H3,(H,21,25). The van der Waals surface area contributed by atoms with Gasteiger partial charge in [0.2, 0.25) is 0 Å². The van der Waals surface area contributed by atoms with Crippen molar-refractivity contribution in [3.8, 4) is 0 Å². The van der Waals surface area contributed by atoms with E-state index in [1.54, 1.807) is 37.6 Å². The van der Waals surface area contributed by atoms with Gasteiger partial charge in [-0.2, -0.15) is 5.10 Å². The third-order valence-electron chi connectivity index (χ3n) is 5.08. The summed E-state index contributed by atoms with van der Waals surface area (Å²) in [6.45, 7) is 2.40. The van der Waals surface area contributed by atoms with Crippen molar-refractivity contribution in [2.45, 2.75) is 18.9 Å². The zero-order valence-corrected chi connectivity index (χ0v) is 15.2. The molecule has 7 heteroatoms. The van der Waals surface area contributed by atoms with Crippen LogP contribution in [0, 0.1) is 0 Å². The molecule has 1 aliphatic heterocycles. The molecule has 1 N–H and O–H groups in total. The maximum absolute atomic E-state index is 12.9. The molecule has 140 valence electrons. The van der Waals surface area contributed by atoms with E-state index in [0.29, 0.717) is 17.3 Å². The monoisotopic (exact) mass is 366 g/mol. The number of rotatable bonds is 5. The highest BCUT2D eigenvalue weighted by Gasteiger charge is 2.26. The van der Waals surface area contributed by atoms with Crippen LogP contribution in [0.5, 0.6) is 0 Å². The zero-order valence-electron chi connectivity index (χ0n) is 15.2. The van der Waals surface area contributed by atoms with Gasteiger partial charge < -0.3 is 9.73 Å². The predicted molar refractivity (Wildman–Crippen MR) is 102 cm³/mol. The number of carbonyl (C=O) groups is 1. The third-order valence-corrected chi connectivity index (χ3v) is 5.08. The molecule has 0 bridgehead atoms. The van der Waals surface area contributed by atoms with Crippen molar-refractivity contribution in [1.82, 2.24) is 20.0 Å². The molecule has 3 heterocycles. The lowest BCUT2D eigenvalue weighted by Gasteiger charge is -2.26. The number of aryl methyl sites for hydroxylation is 1. The Labute approximate surface area is 156 Å². The van der Waals surface area contributed by atoms with Crippen molar-refractivity contribution < 1.29 is 9.21 Å². The summed E-state index contributed by atoms with van der Waals surface area (Å²) in [6.07, 6.45) is 3.96. The smallest absolute Gasteiger partial charge is 0.274 e. The van der Waals surface area contributed by atoms with Crippen molar-refractivity contribution in [2.24, 2.45) is 7.05 Å². The first-order chi connectivity index (χ1) is 13.1. The molecule has 27 heavy (non-hydrogen) atoms. The van der Waals surface area contributed by atoms with Gasteiger partial charge in [0.1, 0.15) is 5.76 Å². The van der Waals surface area contributed by atoms with Crippen LogP contribution in [-0.2, 0) is 7.05 Å². The number of carbonyl (C=O) groups excluding carboxylic acids is 1. The van der Waals surface area contributed by atoms with Crippen LogP contribution in [0.2, 0.25) is 0 Å². The van der Waals surface area contributed by atoms with E-state index in [2.05, 4.69) is 15.3 Å². The minimum Gasteiger partial charge on any atom is -0.468 e. The first-order valence-electron chi connectivity index (χ1n) is 9.17. The van der Waals surface area contributed by atoms with Crippen LogP contribution < -0.4 is 10.9 Å². The Bertz CT molecular complexity index is 1000. The Morgan fingerprint density at radius 3 is 2.63 bits per heavy atom. The highest BCUT2D eigenvalue weighted by molar-refractivity contribution is 6.04. The molecule has 1 aliphatic rings. The van der Waals surface area contributed by atoms with Gasteiger partial charge in [-0.05, 0) is 44.1 Å². The number of benzene rings is 1. The molecule has 1 unspecified atom stereocenters. The van der Waals surface area contributed by atoms with Gasteiger partial charge in [-0.1, -0.05) is 18.2 Å². The van der Waals surface area contributed by atoms with E-state index >= 15 is 0 Å². The fraction of sp³-hybridized carbons (Fsp3) is 0.350. The molecule has 0 spiro atoms. The van der Waals surface area contributed by atoms with E-state index in [4.69, 9.17) is 4.42 Å². The Balaban J connectivity index is 1.59. The molecule has 1 fully saturated rings. The number of nitrogens with one attached hydrogen (secondary N) is 1. The topological polar surface area (TPSA) is 80.4 Å². The molecule has 0 radical (unpaired) electrons. The Morgan fingerprint density at radius 1 is 1.19 bits per heavy atom. The summed E-state index contributed by atoms with van der Waals surface area (Å²) in [7, 11) is 1.56. The summed E-state index contributed by atoms with van der Waals surface area (Å²) in [5.74, 6) is 0.549. The quantitative estimate of drug-likeness (QED) is 0.748. The fourth-order valence-corrected chi connectivity index (χ4v) is 3.68. The summed E-state index contributed by atoms with van der Waals surface area (Å²) >= 11 is 0. The number of nitrogens with zero attached hydrogens (tertiary/aromatic N) is 3. The summed E-state index contributed by atoms with van der Waals surface area (Å²) in [5.41, 5.74) is 0.0417. The molecule has 1 aromatic carbocycles. The van der Waals surface area contributed by atoms with Crippen LogP contribution in [0.1, 0.15) is 35.1 Å². The summed E-state index contributed by atoms with van der Waals surface area (Å²) < 4.78 is 6.81. The molecule has 0 saturated carbocycles. The van der Waals surface area contributed by atoms with Gasteiger partial charge in [0.25, 0.3) is 11.5 Å². The summed E-state index contributed by atoms with van der Waals surface area (Å²) in [6, 6.07) is 10.8. The van der Waals surface area contributed by atoms with Crippen molar-refractivity contribution in [1.29, 1.82) is 0 Å². The lowest BCUT2D eigenvalue weighted by Crippen LogP contribution is -2.37. The van der Waals surface area contributed by atoms with E-state index in [9.17, 15) is 9.59 Å². The van der Waals surface area contributed by atoms with Gasteiger partial charge in [0.15, 0.2) is 5.69 Å². The predicted octanol–water partition coefficient (Wildman–Crippen LogP) is 2.09. The van der Waals surface area contributed by atoms with Crippen LogP contribution in [0.15, 0.2) is 51.9 Å². The van der Waals surface area contributed by atoms with Crippen molar-refractivity contribution in [3.05, 3.63) is 64.5 Å². The van der Waals surface area contributed by atoms with Gasteiger partial charge >= 0.3 is 0 Å². The second-order valence-corrected chi connectivity index (χ2v) is 6.81. The fourth-order valence-electron chi connectivity index (χ4n) is 3.68. The number of aromatic nitrogens is 2. The second-order valence-electron chi connectivity index (χ2n) is 6.81. The second kappa shape index (κ2) is 7.36. The molecule has 3 aromatic rings. The molecule has 1 atom stereocenters. The van der Waals surface area contributed by atoms with Crippen LogP contribution >= 0.6 is 0 Å². The first-order valence-corrected chi connectivity index (χ1v) is 9.17. The van der Waals surface area contributed by atoms with Gasteiger partial charge in [-0.25, -0.2) is 4.68 Å². The number of hydrogen-bond donors (Lipinski definition) is 1. The summed E-state index contributed by atoms with van der Waals surface area (Å²) in [4.78, 5) is 27.4. The van der Waals surface area contributed by atoms with E-state index in [-0.39, 0.29) is 23.2 Å². The highest BCUT2D eigenvalue weighted by Crippen LogP contribution is 2.25. The summed E-state index contributed by atoms with van der Waals surface area (Å²) in [5, 5.41) is 8.23. The molecular formula is C20H22N4O3. The Hall–Kier alpha value is -2.93. The van der Waals surface area contributed by atoms with Crippen LogP contribution in [0.3, 0.4) is 0 Å². The number of hydrogen-bond acceptors (Lipinski definition) is 5. The highest BCUT2D eigenvalue weighted by atomic mass is 16.3. The van der Waals surface area contributed by atoms with E-state index in [0.717, 1.165) is 31.7 Å². The van der Waals surface area contributed by atoms with Crippen molar-refractivity contribution in [2.75, 3.05) is 19.6 Å². The van der Waals surface area contributed by atoms with E-state index < -0.39 is 0 Å². The number of likely N-dealkylation sites (tertiary alicyclic amines) is 1. The molecule has 1 saturated heterocycles. The van der Waals surface area contributed by atoms with Crippen molar-refractivity contribution >= 4 is 16.7 Å². The number of amides is 1. The van der Waals surface area contributed by atoms with Crippen LogP contribution in [0.4, 0.5) is 0 Å². The van der Waals surface area contributed by atoms with Gasteiger partial charge in [0, 0.05) is 19.0 Å². The third kappa shape index (κ3) is 3.38. The average Bonchev–Trinajstić information content (AvgIpc) is 3.39. The normalized spacial score (nSPS) is 15.9. The molecule has 0 aliphatic carbocycles. The lowest BCUT2D eigenvalue weighted by molar-refractivity contribution is 0.0928. The first kappa shape index (κ1) is 17.5. The van der Waals surface area contributed by atoms with E-state index in [1.807, 2.05) is 12.1 Å². The maximum atomic E-state index is 12.9. The molecular weight excluding hydrogens is 344 g/mol. The Kier molecular flexibility index (Phi) is 4.77. The molecule has 4 rings (SSSR count). The van der Waals surface area contributed by atoms with Gasteiger partial charge in [0.05, 0.1) is 17.7 Å². The minimum atomic E-state index is -0.294. The molecule has 1 amide bonds.